The Morgan fingerprint density at radius 1 is 1.18 bits per heavy atom. The van der Waals surface area contributed by atoms with Crippen LogP contribution in [-0.4, -0.2) is 39.2 Å². The number of benzene rings is 1. The Morgan fingerprint density at radius 3 is 2.27 bits per heavy atom. The molecule has 1 heterocycles. The van der Waals surface area contributed by atoms with Gasteiger partial charge in [0.1, 0.15) is 0 Å². The third kappa shape index (κ3) is 3.65. The van der Waals surface area contributed by atoms with Gasteiger partial charge in [-0.3, -0.25) is 0 Å². The summed E-state index contributed by atoms with van der Waals surface area (Å²) in [4.78, 5) is 14.8. The van der Waals surface area contributed by atoms with E-state index in [-0.39, 0.29) is 5.69 Å². The van der Waals surface area contributed by atoms with Crippen molar-refractivity contribution in [2.24, 2.45) is 0 Å². The monoisotopic (exact) mass is 366 g/mol. The SMILES string of the molecule is CCCN(CCC)c1nn(-c2ccc(Br)cc2)nc1C(=O)O. The van der Waals surface area contributed by atoms with Gasteiger partial charge in [0, 0.05) is 17.6 Å². The van der Waals surface area contributed by atoms with Gasteiger partial charge in [-0.2, -0.15) is 0 Å². The van der Waals surface area contributed by atoms with Crippen molar-refractivity contribution in [3.63, 3.8) is 0 Å². The summed E-state index contributed by atoms with van der Waals surface area (Å²) < 4.78 is 0.945. The molecule has 0 radical (unpaired) electrons. The summed E-state index contributed by atoms with van der Waals surface area (Å²) in [6, 6.07) is 7.41. The van der Waals surface area contributed by atoms with Crippen molar-refractivity contribution in [3.8, 4) is 5.69 Å². The van der Waals surface area contributed by atoms with Crippen LogP contribution in [0.2, 0.25) is 0 Å². The van der Waals surface area contributed by atoms with E-state index < -0.39 is 5.97 Å². The molecule has 0 aliphatic rings. The highest BCUT2D eigenvalue weighted by Crippen LogP contribution is 2.20. The Kier molecular flexibility index (Phi) is 5.54. The highest BCUT2D eigenvalue weighted by Gasteiger charge is 2.22. The van der Waals surface area contributed by atoms with Crippen molar-refractivity contribution in [1.82, 2.24) is 15.0 Å². The number of carbonyl (C=O) groups is 1. The largest absolute Gasteiger partial charge is 0.476 e. The lowest BCUT2D eigenvalue weighted by molar-refractivity contribution is 0.0690. The van der Waals surface area contributed by atoms with E-state index in [1.807, 2.05) is 29.2 Å². The van der Waals surface area contributed by atoms with Crippen LogP contribution in [0.3, 0.4) is 0 Å². The third-order valence-electron chi connectivity index (χ3n) is 3.14. The predicted octanol–water partition coefficient (Wildman–Crippen LogP) is 3.35. The summed E-state index contributed by atoms with van der Waals surface area (Å²) >= 11 is 3.37. The van der Waals surface area contributed by atoms with Gasteiger partial charge in [-0.05, 0) is 37.1 Å². The summed E-state index contributed by atoms with van der Waals surface area (Å²) in [5, 5.41) is 18.0. The fraction of sp³-hybridized carbons (Fsp3) is 0.400. The lowest BCUT2D eigenvalue weighted by Crippen LogP contribution is -2.27. The molecule has 0 aliphatic heterocycles. The number of rotatable bonds is 7. The fourth-order valence-corrected chi connectivity index (χ4v) is 2.47. The lowest BCUT2D eigenvalue weighted by atomic mass is 10.3. The van der Waals surface area contributed by atoms with Gasteiger partial charge < -0.3 is 10.0 Å². The lowest BCUT2D eigenvalue weighted by Gasteiger charge is -2.20. The molecule has 7 heteroatoms. The summed E-state index contributed by atoms with van der Waals surface area (Å²) in [6.45, 7) is 5.63. The molecule has 1 aromatic carbocycles. The van der Waals surface area contributed by atoms with Gasteiger partial charge >= 0.3 is 5.97 Å². The fourth-order valence-electron chi connectivity index (χ4n) is 2.20. The number of aromatic nitrogens is 3. The quantitative estimate of drug-likeness (QED) is 0.813. The zero-order valence-corrected chi connectivity index (χ0v) is 14.2. The zero-order valence-electron chi connectivity index (χ0n) is 12.7. The Labute approximate surface area is 137 Å². The van der Waals surface area contributed by atoms with Crippen molar-refractivity contribution in [3.05, 3.63) is 34.4 Å². The molecule has 2 aromatic rings. The highest BCUT2D eigenvalue weighted by molar-refractivity contribution is 9.10. The van der Waals surface area contributed by atoms with E-state index >= 15 is 0 Å². The van der Waals surface area contributed by atoms with E-state index in [1.165, 1.54) is 4.80 Å². The number of carboxylic acid groups (broad SMARTS) is 1. The van der Waals surface area contributed by atoms with E-state index in [1.54, 1.807) is 0 Å². The number of hydrogen-bond acceptors (Lipinski definition) is 4. The Morgan fingerprint density at radius 2 is 1.77 bits per heavy atom. The molecule has 0 spiro atoms. The maximum absolute atomic E-state index is 11.5. The molecule has 2 rings (SSSR count). The van der Waals surface area contributed by atoms with E-state index in [9.17, 15) is 9.90 Å². The van der Waals surface area contributed by atoms with Gasteiger partial charge in [0.2, 0.25) is 5.69 Å². The minimum Gasteiger partial charge on any atom is -0.476 e. The number of nitrogens with zero attached hydrogens (tertiary/aromatic N) is 4. The summed E-state index contributed by atoms with van der Waals surface area (Å²) in [6.07, 6.45) is 1.84. The van der Waals surface area contributed by atoms with Crippen LogP contribution in [0.4, 0.5) is 5.82 Å². The van der Waals surface area contributed by atoms with Crippen molar-refractivity contribution >= 4 is 27.7 Å². The van der Waals surface area contributed by atoms with Crippen LogP contribution in [0.1, 0.15) is 37.2 Å². The maximum Gasteiger partial charge on any atom is 0.360 e. The minimum atomic E-state index is -1.06. The summed E-state index contributed by atoms with van der Waals surface area (Å²) in [5.41, 5.74) is 0.717. The first kappa shape index (κ1) is 16.5. The predicted molar refractivity (Wildman–Crippen MR) is 88.8 cm³/mol. The molecule has 1 aromatic heterocycles. The van der Waals surface area contributed by atoms with Crippen molar-refractivity contribution in [1.29, 1.82) is 0 Å². The molecule has 0 unspecified atom stereocenters. The van der Waals surface area contributed by atoms with E-state index in [4.69, 9.17) is 0 Å². The molecule has 0 atom stereocenters. The smallest absolute Gasteiger partial charge is 0.360 e. The van der Waals surface area contributed by atoms with Crippen molar-refractivity contribution in [2.75, 3.05) is 18.0 Å². The molecule has 1 N–H and O–H groups in total. The van der Waals surface area contributed by atoms with E-state index in [0.717, 1.165) is 36.1 Å². The van der Waals surface area contributed by atoms with Crippen LogP contribution in [0, 0.1) is 0 Å². The summed E-state index contributed by atoms with van der Waals surface area (Å²) in [5.74, 6) is -0.630. The van der Waals surface area contributed by atoms with E-state index in [0.29, 0.717) is 5.82 Å². The van der Waals surface area contributed by atoms with Crippen molar-refractivity contribution in [2.45, 2.75) is 26.7 Å². The standard InChI is InChI=1S/C15H19BrN4O2/c1-3-9-19(10-4-2)14-13(15(21)22)17-20(18-14)12-7-5-11(16)6-8-12/h5-8H,3-4,9-10H2,1-2H3,(H,21,22). The first-order chi connectivity index (χ1) is 10.6. The molecule has 0 aliphatic carbocycles. The molecule has 6 nitrogen and oxygen atoms in total. The van der Waals surface area contributed by atoms with Gasteiger partial charge in [0.15, 0.2) is 5.82 Å². The number of aromatic carboxylic acids is 1. The molecule has 0 amide bonds. The van der Waals surface area contributed by atoms with Crippen LogP contribution >= 0.6 is 15.9 Å². The second-order valence-electron chi connectivity index (χ2n) is 4.93. The van der Waals surface area contributed by atoms with Crippen LogP contribution in [0.5, 0.6) is 0 Å². The van der Waals surface area contributed by atoms with Gasteiger partial charge in [-0.25, -0.2) is 4.79 Å². The highest BCUT2D eigenvalue weighted by atomic mass is 79.9. The van der Waals surface area contributed by atoms with Crippen LogP contribution in [0.25, 0.3) is 5.69 Å². The number of hydrogen-bond donors (Lipinski definition) is 1. The Balaban J connectivity index is 2.44. The number of carboxylic acids is 1. The van der Waals surface area contributed by atoms with Crippen molar-refractivity contribution < 1.29 is 9.90 Å². The number of anilines is 1. The average molecular weight is 367 g/mol. The second kappa shape index (κ2) is 7.40. The minimum absolute atomic E-state index is 0.00943. The molecule has 0 bridgehead atoms. The van der Waals surface area contributed by atoms with Gasteiger partial charge in [0.05, 0.1) is 5.69 Å². The molecule has 0 saturated carbocycles. The van der Waals surface area contributed by atoms with Gasteiger partial charge in [-0.15, -0.1) is 15.0 Å². The van der Waals surface area contributed by atoms with Crippen LogP contribution in [-0.2, 0) is 0 Å². The Hall–Kier alpha value is -1.89. The van der Waals surface area contributed by atoms with E-state index in [2.05, 4.69) is 40.0 Å². The second-order valence-corrected chi connectivity index (χ2v) is 5.85. The number of halogens is 1. The van der Waals surface area contributed by atoms with Gasteiger partial charge in [-0.1, -0.05) is 29.8 Å². The molecule has 118 valence electrons. The Bertz CT molecular complexity index is 633. The zero-order chi connectivity index (χ0) is 16.1. The molecular formula is C15H19BrN4O2. The van der Waals surface area contributed by atoms with Crippen LogP contribution < -0.4 is 4.90 Å². The first-order valence-corrected chi connectivity index (χ1v) is 8.07. The molecule has 0 fully saturated rings. The normalized spacial score (nSPS) is 10.7. The van der Waals surface area contributed by atoms with Gasteiger partial charge in [0.25, 0.3) is 0 Å². The first-order valence-electron chi connectivity index (χ1n) is 7.28. The maximum atomic E-state index is 11.5. The molecular weight excluding hydrogens is 348 g/mol. The third-order valence-corrected chi connectivity index (χ3v) is 3.67. The topological polar surface area (TPSA) is 71.2 Å². The van der Waals surface area contributed by atoms with Crippen LogP contribution in [0.15, 0.2) is 28.7 Å². The molecule has 22 heavy (non-hydrogen) atoms. The summed E-state index contributed by atoms with van der Waals surface area (Å²) in [7, 11) is 0. The molecule has 0 saturated heterocycles. The average Bonchev–Trinajstić information content (AvgIpc) is 2.93.